The molecule has 2 saturated heterocycles. The van der Waals surface area contributed by atoms with Crippen LogP contribution in [-0.2, 0) is 9.59 Å². The Kier molecular flexibility index (Phi) is 4.72. The van der Waals surface area contributed by atoms with Crippen molar-refractivity contribution in [3.05, 3.63) is 46.1 Å². The Bertz CT molecular complexity index is 963. The van der Waals surface area contributed by atoms with E-state index in [1.807, 2.05) is 29.2 Å². The molecule has 0 spiro atoms. The van der Waals surface area contributed by atoms with Gasteiger partial charge in [0.2, 0.25) is 5.91 Å². The van der Waals surface area contributed by atoms with E-state index in [1.54, 1.807) is 5.01 Å². The standard InChI is InChI=1S/C22H27ClN6O2/c23-15-4-2-1-3-13(15)18-10-20-24-16-7-8-28(11-14(16)21(30)29(20)27-18)22(31)19-9-17(25-26-19)12-5-6-12/h1-4,12,17-20,24-27H,5-11H2. The summed E-state index contributed by atoms with van der Waals surface area (Å²) in [6, 6.07) is 7.89. The molecule has 5 aliphatic rings. The summed E-state index contributed by atoms with van der Waals surface area (Å²) in [7, 11) is 0. The van der Waals surface area contributed by atoms with E-state index in [0.717, 1.165) is 24.1 Å². The van der Waals surface area contributed by atoms with Crippen LogP contribution in [0.5, 0.6) is 0 Å². The third-order valence-corrected chi connectivity index (χ3v) is 7.59. The molecule has 6 rings (SSSR count). The minimum atomic E-state index is -0.207. The molecule has 31 heavy (non-hydrogen) atoms. The summed E-state index contributed by atoms with van der Waals surface area (Å²) in [5, 5.41) is 5.92. The van der Waals surface area contributed by atoms with Crippen LogP contribution < -0.4 is 21.6 Å². The van der Waals surface area contributed by atoms with Crippen LogP contribution in [0, 0.1) is 5.92 Å². The van der Waals surface area contributed by atoms with Gasteiger partial charge in [0.05, 0.1) is 18.2 Å². The van der Waals surface area contributed by atoms with E-state index in [4.69, 9.17) is 11.6 Å². The highest BCUT2D eigenvalue weighted by Gasteiger charge is 2.45. The molecule has 2 amide bonds. The number of carbonyl (C=O) groups is 2. The molecule has 8 nitrogen and oxygen atoms in total. The van der Waals surface area contributed by atoms with E-state index in [0.29, 0.717) is 42.1 Å². The van der Waals surface area contributed by atoms with Gasteiger partial charge in [0.1, 0.15) is 12.2 Å². The van der Waals surface area contributed by atoms with Gasteiger partial charge in [-0.05, 0) is 36.8 Å². The first-order valence-corrected chi connectivity index (χ1v) is 11.6. The van der Waals surface area contributed by atoms with Gasteiger partial charge in [-0.1, -0.05) is 29.8 Å². The molecule has 164 valence electrons. The molecule has 1 aromatic carbocycles. The van der Waals surface area contributed by atoms with Gasteiger partial charge in [-0.3, -0.25) is 20.0 Å². The zero-order valence-electron chi connectivity index (χ0n) is 17.2. The monoisotopic (exact) mass is 442 g/mol. The number of amides is 2. The van der Waals surface area contributed by atoms with E-state index < -0.39 is 0 Å². The molecule has 1 aliphatic carbocycles. The molecule has 0 radical (unpaired) electrons. The normalized spacial score (nSPS) is 32.7. The summed E-state index contributed by atoms with van der Waals surface area (Å²) in [5.41, 5.74) is 12.5. The van der Waals surface area contributed by atoms with Crippen LogP contribution in [0.25, 0.3) is 0 Å². The quantitative estimate of drug-likeness (QED) is 0.562. The molecule has 4 unspecified atom stereocenters. The molecule has 9 heteroatoms. The van der Waals surface area contributed by atoms with Crippen LogP contribution in [0.2, 0.25) is 5.02 Å². The maximum Gasteiger partial charge on any atom is 0.269 e. The number of carbonyl (C=O) groups excluding carboxylic acids is 2. The highest BCUT2D eigenvalue weighted by atomic mass is 35.5. The SMILES string of the molecule is O=C(C1CC(C2CC2)NN1)N1CCC2=C(C1)C(=O)N1NC(c3ccccc3Cl)CC1N2. The van der Waals surface area contributed by atoms with Gasteiger partial charge in [0.25, 0.3) is 5.91 Å². The summed E-state index contributed by atoms with van der Waals surface area (Å²) < 4.78 is 0. The average Bonchev–Trinajstić information content (AvgIpc) is 3.35. The van der Waals surface area contributed by atoms with Crippen molar-refractivity contribution in [1.82, 2.24) is 31.5 Å². The summed E-state index contributed by atoms with van der Waals surface area (Å²) in [6.07, 6.45) is 4.65. The minimum absolute atomic E-state index is 0.0256. The first-order chi connectivity index (χ1) is 15.1. The van der Waals surface area contributed by atoms with Gasteiger partial charge in [-0.2, -0.15) is 0 Å². The van der Waals surface area contributed by atoms with Gasteiger partial charge >= 0.3 is 0 Å². The Hall–Kier alpha value is -2.13. The molecule has 3 fully saturated rings. The fourth-order valence-corrected chi connectivity index (χ4v) is 5.61. The van der Waals surface area contributed by atoms with Crippen LogP contribution in [0.4, 0.5) is 0 Å². The highest BCUT2D eigenvalue weighted by Crippen LogP contribution is 2.37. The number of benzene rings is 1. The number of fused-ring (bicyclic) bond motifs is 1. The second kappa shape index (κ2) is 7.48. The van der Waals surface area contributed by atoms with E-state index in [-0.39, 0.29) is 30.1 Å². The topological polar surface area (TPSA) is 88.7 Å². The molecule has 4 N–H and O–H groups in total. The van der Waals surface area contributed by atoms with Crippen molar-refractivity contribution in [2.24, 2.45) is 5.92 Å². The lowest BCUT2D eigenvalue weighted by atomic mass is 9.99. The van der Waals surface area contributed by atoms with Crippen LogP contribution in [0.1, 0.15) is 43.7 Å². The number of hydrogen-bond acceptors (Lipinski definition) is 6. The van der Waals surface area contributed by atoms with Crippen molar-refractivity contribution >= 4 is 23.4 Å². The van der Waals surface area contributed by atoms with Crippen molar-refractivity contribution in [1.29, 1.82) is 0 Å². The van der Waals surface area contributed by atoms with Gasteiger partial charge in [0, 0.05) is 36.1 Å². The summed E-state index contributed by atoms with van der Waals surface area (Å²) in [5.74, 6) is 0.744. The lowest BCUT2D eigenvalue weighted by molar-refractivity contribution is -0.136. The lowest BCUT2D eigenvalue weighted by Crippen LogP contribution is -2.58. The fourth-order valence-electron chi connectivity index (χ4n) is 5.34. The number of hydrogen-bond donors (Lipinski definition) is 4. The zero-order chi connectivity index (χ0) is 21.1. The fraction of sp³-hybridized carbons (Fsp3) is 0.545. The number of hydrazine groups is 2. The largest absolute Gasteiger partial charge is 0.367 e. The first-order valence-electron chi connectivity index (χ1n) is 11.2. The van der Waals surface area contributed by atoms with Gasteiger partial charge in [-0.25, -0.2) is 10.9 Å². The predicted molar refractivity (Wildman–Crippen MR) is 115 cm³/mol. The minimum Gasteiger partial charge on any atom is -0.367 e. The lowest BCUT2D eigenvalue weighted by Gasteiger charge is -2.39. The Morgan fingerprint density at radius 3 is 2.77 bits per heavy atom. The van der Waals surface area contributed by atoms with Crippen molar-refractivity contribution in [3.8, 4) is 0 Å². The number of nitrogens with zero attached hydrogens (tertiary/aromatic N) is 2. The predicted octanol–water partition coefficient (Wildman–Crippen LogP) is 1.18. The van der Waals surface area contributed by atoms with Crippen LogP contribution in [-0.4, -0.2) is 53.1 Å². The smallest absolute Gasteiger partial charge is 0.269 e. The third-order valence-electron chi connectivity index (χ3n) is 7.24. The second-order valence-electron chi connectivity index (χ2n) is 9.26. The van der Waals surface area contributed by atoms with Crippen molar-refractivity contribution < 1.29 is 9.59 Å². The van der Waals surface area contributed by atoms with Gasteiger partial charge in [0.15, 0.2) is 0 Å². The number of halogens is 1. The van der Waals surface area contributed by atoms with Crippen molar-refractivity contribution in [2.75, 3.05) is 13.1 Å². The summed E-state index contributed by atoms with van der Waals surface area (Å²) in [4.78, 5) is 28.2. The van der Waals surface area contributed by atoms with Gasteiger partial charge < -0.3 is 10.2 Å². The molecule has 4 atom stereocenters. The van der Waals surface area contributed by atoms with Crippen molar-refractivity contribution in [3.63, 3.8) is 0 Å². The summed E-state index contributed by atoms with van der Waals surface area (Å²) in [6.45, 7) is 0.992. The van der Waals surface area contributed by atoms with E-state index in [9.17, 15) is 9.59 Å². The Labute approximate surface area is 186 Å². The Morgan fingerprint density at radius 2 is 1.97 bits per heavy atom. The van der Waals surface area contributed by atoms with Crippen LogP contribution in [0.15, 0.2) is 35.5 Å². The molecule has 1 saturated carbocycles. The average molecular weight is 443 g/mol. The molecule has 4 heterocycles. The maximum atomic E-state index is 13.3. The third kappa shape index (κ3) is 3.42. The molecule has 0 aromatic heterocycles. The van der Waals surface area contributed by atoms with Crippen LogP contribution >= 0.6 is 11.6 Å². The molecular formula is C22H27ClN6O2. The summed E-state index contributed by atoms with van der Waals surface area (Å²) >= 11 is 6.38. The van der Waals surface area contributed by atoms with E-state index in [2.05, 4.69) is 21.6 Å². The van der Waals surface area contributed by atoms with E-state index in [1.165, 1.54) is 12.8 Å². The Balaban J connectivity index is 1.14. The molecule has 1 aromatic rings. The molecule has 4 aliphatic heterocycles. The number of nitrogens with one attached hydrogen (secondary N) is 4. The van der Waals surface area contributed by atoms with E-state index >= 15 is 0 Å². The van der Waals surface area contributed by atoms with Crippen molar-refractivity contribution in [2.45, 2.75) is 56.4 Å². The number of rotatable bonds is 3. The Morgan fingerprint density at radius 1 is 1.13 bits per heavy atom. The van der Waals surface area contributed by atoms with Gasteiger partial charge in [-0.15, -0.1) is 0 Å². The van der Waals surface area contributed by atoms with Crippen LogP contribution in [0.3, 0.4) is 0 Å². The second-order valence-corrected chi connectivity index (χ2v) is 9.67. The highest BCUT2D eigenvalue weighted by molar-refractivity contribution is 6.31. The molecular weight excluding hydrogens is 416 g/mol. The zero-order valence-corrected chi connectivity index (χ0v) is 18.0. The maximum absolute atomic E-state index is 13.3. The molecule has 0 bridgehead atoms. The first kappa shape index (κ1) is 19.5.